The predicted octanol–water partition coefficient (Wildman–Crippen LogP) is 0.0914. The monoisotopic (exact) mass is 284 g/mol. The molecule has 0 spiro atoms. The van der Waals surface area contributed by atoms with Crippen molar-refractivity contribution < 1.29 is 14.7 Å². The van der Waals surface area contributed by atoms with Crippen LogP contribution in [0.5, 0.6) is 0 Å². The number of amides is 2. The number of piperazine rings is 1. The molecule has 2 atom stereocenters. The molecule has 7 nitrogen and oxygen atoms in total. The van der Waals surface area contributed by atoms with Crippen molar-refractivity contribution in [1.29, 1.82) is 0 Å². The van der Waals surface area contributed by atoms with Gasteiger partial charge in [-0.2, -0.15) is 0 Å². The highest BCUT2D eigenvalue weighted by molar-refractivity contribution is 5.79. The highest BCUT2D eigenvalue weighted by atomic mass is 16.4. The van der Waals surface area contributed by atoms with Crippen LogP contribution in [-0.4, -0.2) is 66.3 Å². The molecular weight excluding hydrogens is 260 g/mol. The first-order valence-electron chi connectivity index (χ1n) is 7.16. The van der Waals surface area contributed by atoms with Gasteiger partial charge in [-0.3, -0.25) is 10.2 Å². The average molecular weight is 284 g/mol. The molecule has 2 unspecified atom stereocenters. The van der Waals surface area contributed by atoms with E-state index in [-0.39, 0.29) is 12.1 Å². The quantitative estimate of drug-likeness (QED) is 0.684. The number of nitrogens with one attached hydrogen (secondary N) is 2. The van der Waals surface area contributed by atoms with Crippen LogP contribution in [0.2, 0.25) is 0 Å². The summed E-state index contributed by atoms with van der Waals surface area (Å²) in [6.45, 7) is 5.10. The van der Waals surface area contributed by atoms with Gasteiger partial charge in [-0.1, -0.05) is 6.42 Å². The summed E-state index contributed by atoms with van der Waals surface area (Å²) in [6.07, 6.45) is 2.17. The zero-order chi connectivity index (χ0) is 14.8. The van der Waals surface area contributed by atoms with Gasteiger partial charge in [0.15, 0.2) is 0 Å². The number of hydrogen-bond donors (Lipinski definition) is 3. The third-order valence-electron chi connectivity index (χ3n) is 4.51. The van der Waals surface area contributed by atoms with Crippen molar-refractivity contribution in [3.05, 3.63) is 0 Å². The Morgan fingerprint density at radius 1 is 1.25 bits per heavy atom. The van der Waals surface area contributed by atoms with Crippen LogP contribution < -0.4 is 10.7 Å². The Kier molecular flexibility index (Phi) is 4.49. The third-order valence-corrected chi connectivity index (χ3v) is 4.51. The van der Waals surface area contributed by atoms with Crippen molar-refractivity contribution in [3.63, 3.8) is 0 Å². The molecule has 1 aliphatic carbocycles. The smallest absolute Gasteiger partial charge is 0.329 e. The maximum absolute atomic E-state index is 12.0. The van der Waals surface area contributed by atoms with Crippen LogP contribution in [0.25, 0.3) is 0 Å². The van der Waals surface area contributed by atoms with Crippen LogP contribution in [0.3, 0.4) is 0 Å². The molecular formula is C13H24N4O3. The van der Waals surface area contributed by atoms with E-state index in [1.165, 1.54) is 0 Å². The Morgan fingerprint density at radius 2 is 1.90 bits per heavy atom. The fraction of sp³-hybridized carbons (Fsp3) is 0.846. The average Bonchev–Trinajstić information content (AvgIpc) is 2.75. The van der Waals surface area contributed by atoms with Gasteiger partial charge in [0.25, 0.3) is 0 Å². The van der Waals surface area contributed by atoms with Crippen molar-refractivity contribution in [1.82, 2.24) is 20.7 Å². The molecule has 0 aromatic heterocycles. The fourth-order valence-electron chi connectivity index (χ4n) is 2.91. The molecule has 0 radical (unpaired) electrons. The molecule has 2 fully saturated rings. The fourth-order valence-corrected chi connectivity index (χ4v) is 2.91. The topological polar surface area (TPSA) is 84.9 Å². The Labute approximate surface area is 119 Å². The Hall–Kier alpha value is -1.34. The summed E-state index contributed by atoms with van der Waals surface area (Å²) in [5, 5.41) is 14.0. The van der Waals surface area contributed by atoms with Crippen LogP contribution in [0.15, 0.2) is 0 Å². The lowest BCUT2D eigenvalue weighted by Gasteiger charge is -2.33. The minimum absolute atomic E-state index is 0.297. The standard InChI is InChI=1S/C13H24N4O3/c1-13(11(18)19)5-3-4-10(13)14-12(20)15-17-8-6-16(2)7-9-17/h10H,3-9H2,1-2H3,(H,18,19)(H2,14,15,20). The molecule has 2 aliphatic rings. The van der Waals surface area contributed by atoms with Crippen molar-refractivity contribution in [2.24, 2.45) is 5.41 Å². The maximum Gasteiger partial charge on any atom is 0.329 e. The molecule has 1 heterocycles. The van der Waals surface area contributed by atoms with Crippen LogP contribution in [0.1, 0.15) is 26.2 Å². The van der Waals surface area contributed by atoms with E-state index in [1.54, 1.807) is 6.92 Å². The molecule has 1 aliphatic heterocycles. The number of aliphatic carboxylic acids is 1. The summed E-state index contributed by atoms with van der Waals surface area (Å²) in [6, 6.07) is -0.596. The summed E-state index contributed by atoms with van der Waals surface area (Å²) < 4.78 is 0. The minimum Gasteiger partial charge on any atom is -0.481 e. The Morgan fingerprint density at radius 3 is 2.50 bits per heavy atom. The molecule has 1 saturated heterocycles. The van der Waals surface area contributed by atoms with Crippen molar-refractivity contribution in [3.8, 4) is 0 Å². The highest BCUT2D eigenvalue weighted by Crippen LogP contribution is 2.38. The zero-order valence-corrected chi connectivity index (χ0v) is 12.2. The van der Waals surface area contributed by atoms with Gasteiger partial charge in [0.05, 0.1) is 5.41 Å². The van der Waals surface area contributed by atoms with Crippen molar-refractivity contribution in [2.45, 2.75) is 32.2 Å². The first-order valence-corrected chi connectivity index (χ1v) is 7.16. The minimum atomic E-state index is -0.848. The molecule has 7 heteroatoms. The van der Waals surface area contributed by atoms with Gasteiger partial charge in [0.2, 0.25) is 0 Å². The zero-order valence-electron chi connectivity index (χ0n) is 12.2. The van der Waals surface area contributed by atoms with E-state index >= 15 is 0 Å². The van der Waals surface area contributed by atoms with Gasteiger partial charge in [-0.05, 0) is 26.8 Å². The number of rotatable bonds is 3. The second-order valence-electron chi connectivity index (χ2n) is 6.04. The largest absolute Gasteiger partial charge is 0.481 e. The third kappa shape index (κ3) is 3.21. The van der Waals surface area contributed by atoms with Crippen LogP contribution in [0, 0.1) is 5.41 Å². The first kappa shape index (κ1) is 15.1. The molecule has 114 valence electrons. The van der Waals surface area contributed by atoms with Crippen LogP contribution in [0.4, 0.5) is 4.79 Å². The molecule has 3 N–H and O–H groups in total. The van der Waals surface area contributed by atoms with Crippen molar-refractivity contribution in [2.75, 3.05) is 33.2 Å². The van der Waals surface area contributed by atoms with Gasteiger partial charge >= 0.3 is 12.0 Å². The molecule has 2 amide bonds. The summed E-state index contributed by atoms with van der Waals surface area (Å²) >= 11 is 0. The summed E-state index contributed by atoms with van der Waals surface area (Å²) in [7, 11) is 2.05. The van der Waals surface area contributed by atoms with E-state index < -0.39 is 11.4 Å². The number of carbonyl (C=O) groups is 2. The predicted molar refractivity (Wildman–Crippen MR) is 74.1 cm³/mol. The van der Waals surface area contributed by atoms with Gasteiger partial charge < -0.3 is 15.3 Å². The maximum atomic E-state index is 12.0. The Bertz CT molecular complexity index is 382. The van der Waals surface area contributed by atoms with E-state index in [4.69, 9.17) is 0 Å². The second-order valence-corrected chi connectivity index (χ2v) is 6.04. The van der Waals surface area contributed by atoms with Crippen molar-refractivity contribution >= 4 is 12.0 Å². The van der Waals surface area contributed by atoms with Crippen LogP contribution in [-0.2, 0) is 4.79 Å². The molecule has 2 rings (SSSR count). The number of hydrogen-bond acceptors (Lipinski definition) is 4. The number of carboxylic acids is 1. The lowest BCUT2D eigenvalue weighted by Crippen LogP contribution is -2.57. The molecule has 0 bridgehead atoms. The normalized spacial score (nSPS) is 32.0. The summed E-state index contributed by atoms with van der Waals surface area (Å²) in [5.74, 6) is -0.833. The molecule has 0 aromatic carbocycles. The number of urea groups is 1. The number of carbonyl (C=O) groups excluding carboxylic acids is 1. The molecule has 0 aromatic rings. The first-order chi connectivity index (χ1) is 9.41. The summed E-state index contributed by atoms with van der Waals surface area (Å²) in [5.41, 5.74) is 1.96. The number of nitrogens with zero attached hydrogens (tertiary/aromatic N) is 2. The van der Waals surface area contributed by atoms with E-state index in [2.05, 4.69) is 15.6 Å². The van der Waals surface area contributed by atoms with Gasteiger partial charge in [-0.15, -0.1) is 0 Å². The number of carboxylic acid groups (broad SMARTS) is 1. The SMILES string of the molecule is CN1CCN(NC(=O)NC2CCCC2(C)C(=O)O)CC1. The lowest BCUT2D eigenvalue weighted by atomic mass is 9.85. The van der Waals surface area contributed by atoms with Gasteiger partial charge in [0, 0.05) is 32.2 Å². The van der Waals surface area contributed by atoms with E-state index in [9.17, 15) is 14.7 Å². The summed E-state index contributed by atoms with van der Waals surface area (Å²) in [4.78, 5) is 25.5. The van der Waals surface area contributed by atoms with E-state index in [0.717, 1.165) is 39.0 Å². The van der Waals surface area contributed by atoms with Gasteiger partial charge in [-0.25, -0.2) is 9.80 Å². The van der Waals surface area contributed by atoms with Crippen LogP contribution >= 0.6 is 0 Å². The Balaban J connectivity index is 1.84. The highest BCUT2D eigenvalue weighted by Gasteiger charge is 2.46. The number of hydrazine groups is 1. The second kappa shape index (κ2) is 5.97. The van der Waals surface area contributed by atoms with E-state index in [1.807, 2.05) is 12.1 Å². The van der Waals surface area contributed by atoms with Gasteiger partial charge in [0.1, 0.15) is 0 Å². The number of likely N-dealkylation sites (N-methyl/N-ethyl adjacent to an activating group) is 1. The molecule has 1 saturated carbocycles. The molecule has 20 heavy (non-hydrogen) atoms. The van der Waals surface area contributed by atoms with E-state index in [0.29, 0.717) is 6.42 Å². The lowest BCUT2D eigenvalue weighted by molar-refractivity contribution is -0.148.